The lowest BCUT2D eigenvalue weighted by atomic mass is 9.57. The number of nitrogens with two attached hydrogens (primary N) is 1. The van der Waals surface area contributed by atoms with E-state index in [0.717, 1.165) is 41.4 Å². The molecule has 2 fully saturated rings. The van der Waals surface area contributed by atoms with Gasteiger partial charge >= 0.3 is 0 Å². The molecule has 2 saturated carbocycles. The lowest BCUT2D eigenvalue weighted by Crippen LogP contribution is -2.51. The first-order valence-corrected chi connectivity index (χ1v) is 11.0. The van der Waals surface area contributed by atoms with E-state index in [4.69, 9.17) is 5.73 Å². The molecule has 0 bridgehead atoms. The fraction of sp³-hybridized carbons (Fsp3) is 1.00. The SMILES string of the molecule is CCC[C@H]1C[C@@H](C)[C@@H](C[C@H]2C[C@@H](C)[C@@H](C)C(C)(N)C2)[C@@H](CC)[C@H]1C. The molecule has 0 amide bonds. The molecule has 24 heavy (non-hydrogen) atoms. The largest absolute Gasteiger partial charge is 0.325 e. The van der Waals surface area contributed by atoms with E-state index in [1.807, 2.05) is 0 Å². The standard InChI is InChI=1S/C23H45N/c1-8-10-20-12-16(4)22(21(9-2)17(20)5)13-19-11-15(3)18(6)23(7,24)14-19/h15-22H,8-14,24H2,1-7H3/t15-,16-,17+,18-,19-,20+,21+,22-,23?/m1/s1. The molecular formula is C23H45N. The lowest BCUT2D eigenvalue weighted by Gasteiger charge is -2.50. The molecule has 0 saturated heterocycles. The van der Waals surface area contributed by atoms with Crippen LogP contribution in [0.15, 0.2) is 0 Å². The highest BCUT2D eigenvalue weighted by Gasteiger charge is 2.43. The molecule has 0 radical (unpaired) electrons. The second kappa shape index (κ2) is 8.11. The van der Waals surface area contributed by atoms with Gasteiger partial charge in [-0.25, -0.2) is 0 Å². The molecule has 0 aromatic rings. The van der Waals surface area contributed by atoms with Crippen LogP contribution in [0.4, 0.5) is 0 Å². The molecule has 0 spiro atoms. The summed E-state index contributed by atoms with van der Waals surface area (Å²) in [6.45, 7) is 17.0. The second-order valence-electron chi connectivity index (χ2n) is 10.2. The van der Waals surface area contributed by atoms with Crippen molar-refractivity contribution in [3.63, 3.8) is 0 Å². The van der Waals surface area contributed by atoms with Crippen LogP contribution in [0, 0.1) is 47.3 Å². The lowest BCUT2D eigenvalue weighted by molar-refractivity contribution is 0.0129. The van der Waals surface area contributed by atoms with Gasteiger partial charge in [-0.15, -0.1) is 0 Å². The topological polar surface area (TPSA) is 26.0 Å². The summed E-state index contributed by atoms with van der Waals surface area (Å²) in [5.41, 5.74) is 6.74. The van der Waals surface area contributed by atoms with Crippen molar-refractivity contribution in [1.29, 1.82) is 0 Å². The molecule has 9 atom stereocenters. The zero-order chi connectivity index (χ0) is 18.1. The van der Waals surface area contributed by atoms with Crippen molar-refractivity contribution in [2.45, 2.75) is 99.0 Å². The summed E-state index contributed by atoms with van der Waals surface area (Å²) < 4.78 is 0. The second-order valence-corrected chi connectivity index (χ2v) is 10.2. The maximum Gasteiger partial charge on any atom is 0.0156 e. The monoisotopic (exact) mass is 335 g/mol. The minimum absolute atomic E-state index is 0.0400. The summed E-state index contributed by atoms with van der Waals surface area (Å²) in [5, 5.41) is 0. The molecule has 0 heterocycles. The zero-order valence-electron chi connectivity index (χ0n) is 17.6. The van der Waals surface area contributed by atoms with E-state index in [-0.39, 0.29) is 5.54 Å². The van der Waals surface area contributed by atoms with Gasteiger partial charge in [0.15, 0.2) is 0 Å². The molecule has 0 aliphatic heterocycles. The van der Waals surface area contributed by atoms with Crippen LogP contribution in [0.5, 0.6) is 0 Å². The van der Waals surface area contributed by atoms with Crippen LogP contribution in [0.1, 0.15) is 93.4 Å². The third kappa shape index (κ3) is 4.19. The van der Waals surface area contributed by atoms with Crippen LogP contribution in [0.2, 0.25) is 0 Å². The van der Waals surface area contributed by atoms with Crippen LogP contribution in [0.3, 0.4) is 0 Å². The molecule has 2 aliphatic rings. The van der Waals surface area contributed by atoms with Gasteiger partial charge in [0.25, 0.3) is 0 Å². The van der Waals surface area contributed by atoms with Crippen molar-refractivity contribution in [3.8, 4) is 0 Å². The maximum absolute atomic E-state index is 6.70. The predicted molar refractivity (Wildman–Crippen MR) is 107 cm³/mol. The van der Waals surface area contributed by atoms with Crippen molar-refractivity contribution in [3.05, 3.63) is 0 Å². The molecule has 2 aliphatic carbocycles. The van der Waals surface area contributed by atoms with E-state index < -0.39 is 0 Å². The highest BCUT2D eigenvalue weighted by Crippen LogP contribution is 2.50. The molecule has 0 aromatic carbocycles. The van der Waals surface area contributed by atoms with Crippen molar-refractivity contribution in [1.82, 2.24) is 0 Å². The maximum atomic E-state index is 6.70. The minimum atomic E-state index is 0.0400. The molecule has 1 nitrogen and oxygen atoms in total. The van der Waals surface area contributed by atoms with Gasteiger partial charge in [-0.2, -0.15) is 0 Å². The highest BCUT2D eigenvalue weighted by atomic mass is 14.8. The Morgan fingerprint density at radius 2 is 1.62 bits per heavy atom. The van der Waals surface area contributed by atoms with E-state index in [2.05, 4.69) is 48.5 Å². The highest BCUT2D eigenvalue weighted by molar-refractivity contribution is 4.97. The van der Waals surface area contributed by atoms with Gasteiger partial charge < -0.3 is 5.73 Å². The Morgan fingerprint density at radius 3 is 2.17 bits per heavy atom. The molecule has 142 valence electrons. The van der Waals surface area contributed by atoms with Crippen molar-refractivity contribution >= 4 is 0 Å². The van der Waals surface area contributed by atoms with Gasteiger partial charge in [0.05, 0.1) is 0 Å². The van der Waals surface area contributed by atoms with Crippen molar-refractivity contribution in [2.75, 3.05) is 0 Å². The Hall–Kier alpha value is -0.0400. The fourth-order valence-corrected chi connectivity index (χ4v) is 6.70. The number of rotatable bonds is 5. The Morgan fingerprint density at radius 1 is 0.958 bits per heavy atom. The van der Waals surface area contributed by atoms with E-state index in [1.54, 1.807) is 0 Å². The first kappa shape index (κ1) is 20.3. The summed E-state index contributed by atoms with van der Waals surface area (Å²) in [6.07, 6.45) is 9.71. The Kier molecular flexibility index (Phi) is 6.85. The van der Waals surface area contributed by atoms with Crippen LogP contribution in [0.25, 0.3) is 0 Å². The van der Waals surface area contributed by atoms with E-state index >= 15 is 0 Å². The third-order valence-corrected chi connectivity index (χ3v) is 8.44. The summed E-state index contributed by atoms with van der Waals surface area (Å²) >= 11 is 0. The van der Waals surface area contributed by atoms with Crippen LogP contribution < -0.4 is 5.73 Å². The molecule has 1 heteroatoms. The van der Waals surface area contributed by atoms with Crippen molar-refractivity contribution in [2.24, 2.45) is 53.1 Å². The van der Waals surface area contributed by atoms with Crippen LogP contribution in [-0.2, 0) is 0 Å². The van der Waals surface area contributed by atoms with E-state index in [1.165, 1.54) is 44.9 Å². The smallest absolute Gasteiger partial charge is 0.0156 e. The van der Waals surface area contributed by atoms with Gasteiger partial charge in [-0.05, 0) is 80.0 Å². The normalized spacial score (nSPS) is 50.0. The van der Waals surface area contributed by atoms with E-state index in [0.29, 0.717) is 5.92 Å². The Bertz CT molecular complexity index is 387. The average Bonchev–Trinajstić information content (AvgIpc) is 2.50. The number of hydrogen-bond donors (Lipinski definition) is 1. The molecule has 2 rings (SSSR count). The van der Waals surface area contributed by atoms with Crippen LogP contribution >= 0.6 is 0 Å². The zero-order valence-corrected chi connectivity index (χ0v) is 17.6. The Balaban J connectivity index is 2.07. The van der Waals surface area contributed by atoms with Gasteiger partial charge in [0, 0.05) is 5.54 Å². The predicted octanol–water partition coefficient (Wildman–Crippen LogP) is 6.51. The molecular weight excluding hydrogens is 290 g/mol. The van der Waals surface area contributed by atoms with Gasteiger partial charge in [-0.3, -0.25) is 0 Å². The summed E-state index contributed by atoms with van der Waals surface area (Å²) in [5.74, 6) is 6.94. The summed E-state index contributed by atoms with van der Waals surface area (Å²) in [4.78, 5) is 0. The Labute approximate surface area is 152 Å². The summed E-state index contributed by atoms with van der Waals surface area (Å²) in [6, 6.07) is 0. The summed E-state index contributed by atoms with van der Waals surface area (Å²) in [7, 11) is 0. The molecule has 0 aromatic heterocycles. The molecule has 1 unspecified atom stereocenters. The van der Waals surface area contributed by atoms with E-state index in [9.17, 15) is 0 Å². The van der Waals surface area contributed by atoms with Crippen molar-refractivity contribution < 1.29 is 0 Å². The third-order valence-electron chi connectivity index (χ3n) is 8.44. The van der Waals surface area contributed by atoms with Gasteiger partial charge in [0.1, 0.15) is 0 Å². The number of hydrogen-bond acceptors (Lipinski definition) is 1. The van der Waals surface area contributed by atoms with Gasteiger partial charge in [-0.1, -0.05) is 60.8 Å². The minimum Gasteiger partial charge on any atom is -0.325 e. The fourth-order valence-electron chi connectivity index (χ4n) is 6.70. The van der Waals surface area contributed by atoms with Crippen LogP contribution in [-0.4, -0.2) is 5.54 Å². The average molecular weight is 336 g/mol. The first-order chi connectivity index (χ1) is 11.2. The quantitative estimate of drug-likeness (QED) is 0.609. The molecule has 2 N–H and O–H groups in total. The van der Waals surface area contributed by atoms with Gasteiger partial charge in [0.2, 0.25) is 0 Å². The first-order valence-electron chi connectivity index (χ1n) is 11.0.